The molecule has 0 aliphatic heterocycles. The van der Waals surface area contributed by atoms with E-state index >= 15 is 0 Å². The maximum atomic E-state index is 12.2. The Morgan fingerprint density at radius 2 is 1.93 bits per heavy atom. The maximum Gasteiger partial charge on any atom is 0.289 e. The molecule has 1 aromatic carbocycles. The predicted octanol–water partition coefficient (Wildman–Crippen LogP) is 2.51. The van der Waals surface area contributed by atoms with Crippen LogP contribution in [0, 0.1) is 10.1 Å². The molecule has 0 fully saturated rings. The number of rotatable bonds is 5. The highest BCUT2D eigenvalue weighted by Gasteiger charge is 2.14. The van der Waals surface area contributed by atoms with Crippen LogP contribution in [0.25, 0.3) is 11.3 Å². The molecule has 1 amide bonds. The number of carbonyl (C=O) groups excluding carboxylic acids is 1. The number of carbonyl (C=O) groups is 1. The van der Waals surface area contributed by atoms with E-state index in [9.17, 15) is 19.7 Å². The number of nitro groups is 1. The molecule has 3 aromatic rings. The van der Waals surface area contributed by atoms with Crippen molar-refractivity contribution in [1.29, 1.82) is 0 Å². The second-order valence-electron chi connectivity index (χ2n) is 5.42. The Bertz CT molecular complexity index is 1070. The van der Waals surface area contributed by atoms with Crippen molar-refractivity contribution in [2.75, 3.05) is 5.32 Å². The molecule has 0 atom stereocenters. The van der Waals surface area contributed by atoms with E-state index in [0.717, 1.165) is 16.3 Å². The van der Waals surface area contributed by atoms with Crippen molar-refractivity contribution >= 4 is 28.9 Å². The van der Waals surface area contributed by atoms with Gasteiger partial charge in [0.1, 0.15) is 11.6 Å². The van der Waals surface area contributed by atoms with Gasteiger partial charge in [-0.25, -0.2) is 4.68 Å². The minimum atomic E-state index is -0.651. The van der Waals surface area contributed by atoms with E-state index in [1.165, 1.54) is 18.2 Å². The number of pyridine rings is 1. The molecule has 0 spiro atoms. The largest absolute Gasteiger partial charge is 0.324 e. The van der Waals surface area contributed by atoms with Crippen LogP contribution in [-0.4, -0.2) is 25.6 Å². The fourth-order valence-electron chi connectivity index (χ4n) is 2.31. The van der Waals surface area contributed by atoms with Gasteiger partial charge in [-0.2, -0.15) is 5.10 Å². The number of hydrogen-bond acceptors (Lipinski definition) is 6. The summed E-state index contributed by atoms with van der Waals surface area (Å²) in [5.41, 5.74) is 0.656. The van der Waals surface area contributed by atoms with Crippen LogP contribution in [0.3, 0.4) is 0 Å². The van der Waals surface area contributed by atoms with Crippen molar-refractivity contribution in [1.82, 2.24) is 14.8 Å². The Labute approximate surface area is 157 Å². The van der Waals surface area contributed by atoms with E-state index in [-0.39, 0.29) is 22.9 Å². The molecule has 27 heavy (non-hydrogen) atoms. The van der Waals surface area contributed by atoms with Crippen LogP contribution in [0.4, 0.5) is 11.4 Å². The summed E-state index contributed by atoms with van der Waals surface area (Å²) in [6.07, 6.45) is 3.18. The quantitative estimate of drug-likeness (QED) is 0.532. The first kappa shape index (κ1) is 18.2. The third-order valence-corrected chi connectivity index (χ3v) is 3.88. The summed E-state index contributed by atoms with van der Waals surface area (Å²) in [7, 11) is 0. The number of nitro benzene ring substituents is 1. The van der Waals surface area contributed by atoms with Crippen LogP contribution in [-0.2, 0) is 11.3 Å². The van der Waals surface area contributed by atoms with Gasteiger partial charge in [0, 0.05) is 35.8 Å². The number of nitrogens with one attached hydrogen (secondary N) is 1. The van der Waals surface area contributed by atoms with Crippen molar-refractivity contribution in [2.24, 2.45) is 0 Å². The summed E-state index contributed by atoms with van der Waals surface area (Å²) in [5, 5.41) is 17.5. The van der Waals surface area contributed by atoms with E-state index < -0.39 is 16.4 Å². The summed E-state index contributed by atoms with van der Waals surface area (Å²) < 4.78 is 1.01. The van der Waals surface area contributed by atoms with Crippen LogP contribution in [0.15, 0.2) is 59.7 Å². The smallest absolute Gasteiger partial charge is 0.289 e. The highest BCUT2D eigenvalue weighted by Crippen LogP contribution is 2.27. The monoisotopic (exact) mass is 385 g/mol. The van der Waals surface area contributed by atoms with E-state index in [4.69, 9.17) is 11.6 Å². The van der Waals surface area contributed by atoms with E-state index in [1.807, 2.05) is 0 Å². The zero-order valence-electron chi connectivity index (χ0n) is 13.7. The zero-order valence-corrected chi connectivity index (χ0v) is 14.5. The molecule has 0 saturated carbocycles. The van der Waals surface area contributed by atoms with Gasteiger partial charge in [0.2, 0.25) is 5.91 Å². The van der Waals surface area contributed by atoms with Gasteiger partial charge in [-0.3, -0.25) is 24.7 Å². The number of halogens is 1. The van der Waals surface area contributed by atoms with E-state index in [0.29, 0.717) is 5.69 Å². The molecule has 0 bridgehead atoms. The standard InChI is InChI=1S/C17H12ClN5O4/c18-13-2-1-12(9-15(13)23(26)27)20-16(24)10-22-17(25)4-3-14(21-22)11-5-7-19-8-6-11/h1-9H,10H2,(H,20,24). The average molecular weight is 386 g/mol. The highest BCUT2D eigenvalue weighted by molar-refractivity contribution is 6.32. The molecule has 1 N–H and O–H groups in total. The summed E-state index contributed by atoms with van der Waals surface area (Å²) in [5.74, 6) is -0.562. The van der Waals surface area contributed by atoms with Crippen LogP contribution >= 0.6 is 11.6 Å². The summed E-state index contributed by atoms with van der Waals surface area (Å²) >= 11 is 5.74. The highest BCUT2D eigenvalue weighted by atomic mass is 35.5. The molecule has 3 rings (SSSR count). The summed E-state index contributed by atoms with van der Waals surface area (Å²) in [4.78, 5) is 38.4. The lowest BCUT2D eigenvalue weighted by molar-refractivity contribution is -0.384. The molecule has 2 aromatic heterocycles. The van der Waals surface area contributed by atoms with Gasteiger partial charge >= 0.3 is 0 Å². The van der Waals surface area contributed by atoms with Crippen molar-refractivity contribution in [3.05, 3.63) is 80.3 Å². The first-order valence-corrected chi connectivity index (χ1v) is 8.04. The van der Waals surface area contributed by atoms with E-state index in [1.54, 1.807) is 30.6 Å². The van der Waals surface area contributed by atoms with Gasteiger partial charge in [0.25, 0.3) is 11.2 Å². The van der Waals surface area contributed by atoms with Crippen molar-refractivity contribution in [3.8, 4) is 11.3 Å². The van der Waals surface area contributed by atoms with Crippen LogP contribution in [0.2, 0.25) is 5.02 Å². The fourth-order valence-corrected chi connectivity index (χ4v) is 2.49. The molecular weight excluding hydrogens is 374 g/mol. The molecule has 0 radical (unpaired) electrons. The zero-order chi connectivity index (χ0) is 19.4. The third kappa shape index (κ3) is 4.33. The molecule has 9 nitrogen and oxygen atoms in total. The number of amides is 1. The minimum absolute atomic E-state index is 0.0408. The molecule has 2 heterocycles. The Hall–Kier alpha value is -3.59. The van der Waals surface area contributed by atoms with Crippen molar-refractivity contribution in [3.63, 3.8) is 0 Å². The Kier molecular flexibility index (Phi) is 5.23. The van der Waals surface area contributed by atoms with Crippen LogP contribution < -0.4 is 10.9 Å². The second-order valence-corrected chi connectivity index (χ2v) is 5.83. The Morgan fingerprint density at radius 1 is 1.19 bits per heavy atom. The van der Waals surface area contributed by atoms with Crippen molar-refractivity contribution in [2.45, 2.75) is 6.54 Å². The third-order valence-electron chi connectivity index (χ3n) is 3.56. The van der Waals surface area contributed by atoms with Crippen LogP contribution in [0.5, 0.6) is 0 Å². The summed E-state index contributed by atoms with van der Waals surface area (Å²) in [6.45, 7) is -0.353. The van der Waals surface area contributed by atoms with Gasteiger partial charge in [0.05, 0.1) is 10.6 Å². The molecule has 0 unspecified atom stereocenters. The first-order valence-electron chi connectivity index (χ1n) is 7.66. The van der Waals surface area contributed by atoms with E-state index in [2.05, 4.69) is 15.4 Å². The predicted molar refractivity (Wildman–Crippen MR) is 98.5 cm³/mol. The number of nitrogens with zero attached hydrogens (tertiary/aromatic N) is 4. The normalized spacial score (nSPS) is 10.4. The lowest BCUT2D eigenvalue weighted by atomic mass is 10.2. The molecular formula is C17H12ClN5O4. The molecule has 0 aliphatic rings. The topological polar surface area (TPSA) is 120 Å². The van der Waals surface area contributed by atoms with Gasteiger partial charge in [-0.05, 0) is 30.3 Å². The fraction of sp³-hybridized carbons (Fsp3) is 0.0588. The number of aromatic nitrogens is 3. The van der Waals surface area contributed by atoms with Gasteiger partial charge in [-0.1, -0.05) is 11.6 Å². The first-order chi connectivity index (χ1) is 12.9. The molecule has 10 heteroatoms. The molecule has 0 aliphatic carbocycles. The van der Waals surface area contributed by atoms with Gasteiger partial charge in [0.15, 0.2) is 0 Å². The summed E-state index contributed by atoms with van der Waals surface area (Å²) in [6, 6.07) is 10.2. The molecule has 136 valence electrons. The van der Waals surface area contributed by atoms with Gasteiger partial charge < -0.3 is 5.32 Å². The second kappa shape index (κ2) is 7.75. The number of hydrogen-bond donors (Lipinski definition) is 1. The Morgan fingerprint density at radius 3 is 2.63 bits per heavy atom. The van der Waals surface area contributed by atoms with Crippen LogP contribution in [0.1, 0.15) is 0 Å². The maximum absolute atomic E-state index is 12.2. The van der Waals surface area contributed by atoms with Crippen molar-refractivity contribution < 1.29 is 9.72 Å². The Balaban J connectivity index is 1.79. The lowest BCUT2D eigenvalue weighted by Gasteiger charge is -2.08. The van der Waals surface area contributed by atoms with Gasteiger partial charge in [-0.15, -0.1) is 0 Å². The SMILES string of the molecule is O=C(Cn1nc(-c2ccncc2)ccc1=O)Nc1ccc(Cl)c([N+](=O)[O-])c1. The lowest BCUT2D eigenvalue weighted by Crippen LogP contribution is -2.29. The average Bonchev–Trinajstić information content (AvgIpc) is 2.65. The molecule has 0 saturated heterocycles. The number of anilines is 1. The minimum Gasteiger partial charge on any atom is -0.324 e. The number of benzene rings is 1.